The summed E-state index contributed by atoms with van der Waals surface area (Å²) in [5, 5.41) is 4.60. The van der Waals surface area contributed by atoms with E-state index in [0.717, 1.165) is 62.4 Å². The van der Waals surface area contributed by atoms with Crippen molar-refractivity contribution in [2.45, 2.75) is 20.3 Å². The lowest BCUT2D eigenvalue weighted by Crippen LogP contribution is -2.52. The van der Waals surface area contributed by atoms with Crippen LogP contribution in [-0.2, 0) is 6.42 Å². The maximum atomic E-state index is 5.35. The van der Waals surface area contributed by atoms with E-state index < -0.39 is 0 Å². The maximum Gasteiger partial charge on any atom is 0.194 e. The van der Waals surface area contributed by atoms with Crippen molar-refractivity contribution in [3.05, 3.63) is 40.3 Å². The van der Waals surface area contributed by atoms with Gasteiger partial charge in [0.2, 0.25) is 0 Å². The summed E-state index contributed by atoms with van der Waals surface area (Å²) in [4.78, 5) is 15.3. The topological polar surface area (TPSA) is 53.0 Å². The smallest absolute Gasteiger partial charge is 0.194 e. The third-order valence-corrected chi connectivity index (χ3v) is 5.56. The van der Waals surface area contributed by atoms with Gasteiger partial charge in [0.25, 0.3) is 0 Å². The van der Waals surface area contributed by atoms with Crippen LogP contribution in [0.2, 0.25) is 0 Å². The van der Waals surface area contributed by atoms with E-state index in [4.69, 9.17) is 9.73 Å². The Bertz CT molecular complexity index is 759. The second-order valence-corrected chi connectivity index (χ2v) is 7.85. The lowest BCUT2D eigenvalue weighted by Gasteiger charge is -2.37. The average molecular weight is 515 g/mol. The summed E-state index contributed by atoms with van der Waals surface area (Å²) in [5.41, 5.74) is 1.22. The van der Waals surface area contributed by atoms with E-state index in [0.29, 0.717) is 0 Å². The molecule has 0 aliphatic carbocycles. The predicted octanol–water partition coefficient (Wildman–Crippen LogP) is 3.41. The number of halogens is 1. The molecule has 1 aromatic heterocycles. The number of aryl methyl sites for hydroxylation is 1. The van der Waals surface area contributed by atoms with Gasteiger partial charge < -0.3 is 19.9 Å². The molecule has 1 aromatic carbocycles. The number of aliphatic imine (C=N–C) groups is 1. The van der Waals surface area contributed by atoms with Gasteiger partial charge in [0.05, 0.1) is 12.1 Å². The number of methoxy groups -OCH3 is 1. The second-order valence-electron chi connectivity index (χ2n) is 6.53. The number of rotatable bonds is 6. The third-order valence-electron chi connectivity index (χ3n) is 4.59. The first kappa shape index (κ1) is 22.7. The number of thiazole rings is 1. The number of hydrogen-bond acceptors (Lipinski definition) is 5. The molecule has 2 heterocycles. The van der Waals surface area contributed by atoms with Crippen molar-refractivity contribution >= 4 is 47.0 Å². The van der Waals surface area contributed by atoms with Crippen molar-refractivity contribution in [1.29, 1.82) is 0 Å². The number of guanidine groups is 1. The van der Waals surface area contributed by atoms with Crippen LogP contribution in [0.25, 0.3) is 0 Å². The predicted molar refractivity (Wildman–Crippen MR) is 129 cm³/mol. The first-order valence-corrected chi connectivity index (χ1v) is 10.3. The molecule has 1 aliphatic heterocycles. The highest BCUT2D eigenvalue weighted by Crippen LogP contribution is 2.22. The molecule has 1 N–H and O–H groups in total. The normalized spacial score (nSPS) is 14.6. The quantitative estimate of drug-likeness (QED) is 0.363. The molecule has 0 atom stereocenters. The van der Waals surface area contributed by atoms with Crippen LogP contribution in [-0.4, -0.2) is 62.2 Å². The minimum absolute atomic E-state index is 0. The monoisotopic (exact) mass is 515 g/mol. The lowest BCUT2D eigenvalue weighted by atomic mass is 10.2. The van der Waals surface area contributed by atoms with E-state index in [1.54, 1.807) is 18.4 Å². The molecule has 1 aliphatic rings. The van der Waals surface area contributed by atoms with Crippen LogP contribution in [0.15, 0.2) is 35.5 Å². The minimum atomic E-state index is 0. The highest BCUT2D eigenvalue weighted by atomic mass is 127. The van der Waals surface area contributed by atoms with Crippen LogP contribution in [0.4, 0.5) is 5.69 Å². The first-order valence-electron chi connectivity index (χ1n) is 9.53. The Kier molecular flexibility index (Phi) is 9.30. The second kappa shape index (κ2) is 11.5. The zero-order valence-electron chi connectivity index (χ0n) is 16.9. The maximum absolute atomic E-state index is 5.35. The fourth-order valence-corrected chi connectivity index (χ4v) is 3.96. The van der Waals surface area contributed by atoms with Crippen molar-refractivity contribution in [3.63, 3.8) is 0 Å². The van der Waals surface area contributed by atoms with Gasteiger partial charge in [0.1, 0.15) is 5.75 Å². The molecule has 6 nitrogen and oxygen atoms in total. The molecule has 0 saturated carbocycles. The molecule has 28 heavy (non-hydrogen) atoms. The summed E-state index contributed by atoms with van der Waals surface area (Å²) in [7, 11) is 1.71. The Morgan fingerprint density at radius 1 is 1.29 bits per heavy atom. The van der Waals surface area contributed by atoms with E-state index in [1.165, 1.54) is 10.6 Å². The number of aromatic nitrogens is 1. The van der Waals surface area contributed by atoms with Gasteiger partial charge in [-0.25, -0.2) is 4.98 Å². The molecule has 0 radical (unpaired) electrons. The summed E-state index contributed by atoms with van der Waals surface area (Å²) in [6.45, 7) is 9.73. The molecule has 154 valence electrons. The van der Waals surface area contributed by atoms with Crippen molar-refractivity contribution in [2.75, 3.05) is 51.3 Å². The minimum Gasteiger partial charge on any atom is -0.497 e. The van der Waals surface area contributed by atoms with Crippen molar-refractivity contribution in [3.8, 4) is 5.75 Å². The molecule has 1 saturated heterocycles. The number of nitrogens with one attached hydrogen (secondary N) is 1. The molecular formula is C20H30IN5OS. The van der Waals surface area contributed by atoms with Crippen LogP contribution in [0.1, 0.15) is 16.8 Å². The highest BCUT2D eigenvalue weighted by molar-refractivity contribution is 14.0. The molecule has 8 heteroatoms. The highest BCUT2D eigenvalue weighted by Gasteiger charge is 2.20. The lowest BCUT2D eigenvalue weighted by molar-refractivity contribution is 0.372. The van der Waals surface area contributed by atoms with Crippen LogP contribution in [0, 0.1) is 6.92 Å². The SMILES string of the molecule is CCNC(=NCCc1ncc(C)s1)N1CCN(c2cccc(OC)c2)CC1.I. The number of anilines is 1. The van der Waals surface area contributed by atoms with Crippen LogP contribution >= 0.6 is 35.3 Å². The van der Waals surface area contributed by atoms with Gasteiger partial charge in [-0.05, 0) is 26.0 Å². The Hall–Kier alpha value is -1.55. The van der Waals surface area contributed by atoms with E-state index in [2.05, 4.69) is 46.1 Å². The molecule has 1 fully saturated rings. The first-order chi connectivity index (χ1) is 13.2. The summed E-state index contributed by atoms with van der Waals surface area (Å²) in [6.07, 6.45) is 2.84. The standard InChI is InChI=1S/C20H29N5OS.HI/c1-4-21-20(22-9-8-19-23-15-16(2)27-19)25-12-10-24(11-13-25)17-6-5-7-18(14-17)26-3;/h5-7,14-15H,4,8-13H2,1-3H3,(H,21,22);1H. The number of benzene rings is 1. The molecule has 3 rings (SSSR count). The van der Waals surface area contributed by atoms with Gasteiger partial charge >= 0.3 is 0 Å². The van der Waals surface area contributed by atoms with E-state index in [1.807, 2.05) is 18.3 Å². The number of piperazine rings is 1. The molecule has 0 spiro atoms. The zero-order valence-corrected chi connectivity index (χ0v) is 20.0. The fourth-order valence-electron chi connectivity index (χ4n) is 3.18. The summed E-state index contributed by atoms with van der Waals surface area (Å²) < 4.78 is 5.35. The molecule has 2 aromatic rings. The number of nitrogens with zero attached hydrogens (tertiary/aromatic N) is 4. The van der Waals surface area contributed by atoms with Gasteiger partial charge in [0.15, 0.2) is 5.96 Å². The van der Waals surface area contributed by atoms with Crippen molar-refractivity contribution < 1.29 is 4.74 Å². The molecule has 0 bridgehead atoms. The molecule has 0 unspecified atom stereocenters. The molecular weight excluding hydrogens is 485 g/mol. The zero-order chi connectivity index (χ0) is 19.1. The molecule has 0 amide bonds. The Morgan fingerprint density at radius 2 is 2.07 bits per heavy atom. The summed E-state index contributed by atoms with van der Waals surface area (Å²) >= 11 is 1.76. The Balaban J connectivity index is 0.00000280. The van der Waals surface area contributed by atoms with E-state index in [9.17, 15) is 0 Å². The van der Waals surface area contributed by atoms with Crippen molar-refractivity contribution in [1.82, 2.24) is 15.2 Å². The number of ether oxygens (including phenoxy) is 1. The van der Waals surface area contributed by atoms with Crippen LogP contribution < -0.4 is 15.0 Å². The van der Waals surface area contributed by atoms with Gasteiger partial charge in [-0.2, -0.15) is 0 Å². The van der Waals surface area contributed by atoms with Crippen LogP contribution in [0.3, 0.4) is 0 Å². The Labute approximate surface area is 189 Å². The largest absolute Gasteiger partial charge is 0.497 e. The average Bonchev–Trinajstić information content (AvgIpc) is 3.12. The number of hydrogen-bond donors (Lipinski definition) is 1. The van der Waals surface area contributed by atoms with Gasteiger partial charge in [0, 0.05) is 68.5 Å². The summed E-state index contributed by atoms with van der Waals surface area (Å²) in [5.74, 6) is 1.92. The Morgan fingerprint density at radius 3 is 2.71 bits per heavy atom. The fraction of sp³-hybridized carbons (Fsp3) is 0.500. The van der Waals surface area contributed by atoms with Crippen LogP contribution in [0.5, 0.6) is 5.75 Å². The van der Waals surface area contributed by atoms with Crippen molar-refractivity contribution in [2.24, 2.45) is 4.99 Å². The van der Waals surface area contributed by atoms with E-state index >= 15 is 0 Å². The van der Waals surface area contributed by atoms with E-state index in [-0.39, 0.29) is 24.0 Å². The van der Waals surface area contributed by atoms with Gasteiger partial charge in [-0.1, -0.05) is 6.07 Å². The van der Waals surface area contributed by atoms with Gasteiger partial charge in [-0.3, -0.25) is 4.99 Å². The summed E-state index contributed by atoms with van der Waals surface area (Å²) in [6, 6.07) is 8.28. The third kappa shape index (κ3) is 6.23. The van der Waals surface area contributed by atoms with Gasteiger partial charge in [-0.15, -0.1) is 35.3 Å².